The van der Waals surface area contributed by atoms with Crippen LogP contribution in [0.2, 0.25) is 0 Å². The molecule has 3 aromatic heterocycles. The number of unbranched alkanes of at least 4 members (excludes halogenated alkanes) is 3. The number of aromatic nitrogens is 4. The Morgan fingerprint density at radius 1 is 0.437 bits per heavy atom. The SMILES string of the molecule is CCCCCCC(CCC)Oc1ccccc1-c1c2nc(c(-c3ccc(OCCO)cc3)c3ccc([nH]3)c(-c3ccc(OCCO)cc3)c3nc(c(-c4ccc(OCCO)cc4)c4ccc1[nH]4)C=C3)C=C2. The fraction of sp³-hybridized carbons (Fsp3) is 0.267. The third-order valence-corrected chi connectivity index (χ3v) is 12.7. The largest absolute Gasteiger partial charge is 0.491 e. The third kappa shape index (κ3) is 11.3. The zero-order valence-electron chi connectivity index (χ0n) is 40.5. The summed E-state index contributed by atoms with van der Waals surface area (Å²) in [7, 11) is 0. The van der Waals surface area contributed by atoms with Crippen molar-refractivity contribution in [2.45, 2.75) is 64.9 Å². The lowest BCUT2D eigenvalue weighted by atomic mass is 10.0. The second-order valence-corrected chi connectivity index (χ2v) is 17.7. The molecule has 11 nitrogen and oxygen atoms in total. The Morgan fingerprint density at radius 3 is 1.25 bits per heavy atom. The van der Waals surface area contributed by atoms with Gasteiger partial charge in [-0.1, -0.05) is 94.1 Å². The van der Waals surface area contributed by atoms with Gasteiger partial charge in [-0.05, 0) is 127 Å². The first-order chi connectivity index (χ1) is 35.0. The Kier molecular flexibility index (Phi) is 16.0. The van der Waals surface area contributed by atoms with Crippen LogP contribution in [-0.4, -0.2) is 81.0 Å². The van der Waals surface area contributed by atoms with Crippen molar-refractivity contribution in [2.24, 2.45) is 0 Å². The monoisotopic (exact) mass is 950 g/mol. The van der Waals surface area contributed by atoms with Crippen molar-refractivity contribution in [3.63, 3.8) is 0 Å². The Balaban J connectivity index is 1.34. The van der Waals surface area contributed by atoms with Crippen LogP contribution in [-0.2, 0) is 0 Å². The smallest absolute Gasteiger partial charge is 0.127 e. The number of aliphatic hydroxyl groups excluding tert-OH is 3. The van der Waals surface area contributed by atoms with E-state index in [4.69, 9.17) is 28.9 Å². The number of rotatable bonds is 22. The zero-order valence-corrected chi connectivity index (χ0v) is 40.5. The Labute approximate surface area is 415 Å². The number of H-pyrrole nitrogens is 2. The van der Waals surface area contributed by atoms with Gasteiger partial charge < -0.3 is 44.2 Å². The van der Waals surface area contributed by atoms with Crippen LogP contribution >= 0.6 is 0 Å². The molecule has 0 amide bonds. The molecule has 1 unspecified atom stereocenters. The molecule has 5 heterocycles. The minimum Gasteiger partial charge on any atom is -0.491 e. The molecule has 5 N–H and O–H groups in total. The summed E-state index contributed by atoms with van der Waals surface area (Å²) in [6.07, 6.45) is 16.1. The first-order valence-electron chi connectivity index (χ1n) is 24.9. The number of aliphatic hydroxyl groups is 3. The summed E-state index contributed by atoms with van der Waals surface area (Å²) in [6.45, 7) is 4.81. The van der Waals surface area contributed by atoms with Crippen LogP contribution in [0.1, 0.15) is 81.6 Å². The van der Waals surface area contributed by atoms with Crippen LogP contribution in [0.3, 0.4) is 0 Å². The molecule has 2 aliphatic rings. The third-order valence-electron chi connectivity index (χ3n) is 12.7. The van der Waals surface area contributed by atoms with Gasteiger partial charge in [0.1, 0.15) is 42.8 Å². The standard InChI is InChI=1S/C60H62N4O7/c1-3-5-6-7-11-46(10-4-2)71-56-13-9-8-12-47(56)60-54-32-30-52(63-54)58(41-16-22-44(23-17-41)69-38-35-66)50-28-26-48(61-50)57(40-14-20-43(21-15-40)68-37-34-65)49-27-29-51(62-49)59(53-31-33-55(60)64-53)42-18-24-45(25-19-42)70-39-36-67/h8-9,12-33,46,61,64-67H,3-7,10-11,34-39H2,1-2H3. The number of nitrogens with zero attached hydrogens (tertiary/aromatic N) is 2. The molecule has 11 heteroatoms. The molecule has 71 heavy (non-hydrogen) atoms. The summed E-state index contributed by atoms with van der Waals surface area (Å²) in [5, 5.41) is 28.4. The van der Waals surface area contributed by atoms with Crippen LogP contribution in [0.4, 0.5) is 0 Å². The number of aromatic amines is 2. The Morgan fingerprint density at radius 2 is 0.845 bits per heavy atom. The van der Waals surface area contributed by atoms with E-state index in [0.717, 1.165) is 121 Å². The highest BCUT2D eigenvalue weighted by molar-refractivity contribution is 6.00. The van der Waals surface area contributed by atoms with Gasteiger partial charge in [-0.3, -0.25) is 0 Å². The second-order valence-electron chi connectivity index (χ2n) is 17.7. The van der Waals surface area contributed by atoms with Crippen LogP contribution < -0.4 is 18.9 Å². The molecule has 9 rings (SSSR count). The highest BCUT2D eigenvalue weighted by atomic mass is 16.5. The van der Waals surface area contributed by atoms with Crippen LogP contribution in [0, 0.1) is 0 Å². The van der Waals surface area contributed by atoms with Gasteiger partial charge in [0.2, 0.25) is 0 Å². The van der Waals surface area contributed by atoms with E-state index in [-0.39, 0.29) is 45.7 Å². The Bertz CT molecular complexity index is 3090. The summed E-state index contributed by atoms with van der Waals surface area (Å²) < 4.78 is 24.4. The van der Waals surface area contributed by atoms with Gasteiger partial charge in [-0.15, -0.1) is 0 Å². The van der Waals surface area contributed by atoms with E-state index in [0.29, 0.717) is 17.2 Å². The normalized spacial score (nSPS) is 12.3. The van der Waals surface area contributed by atoms with Gasteiger partial charge in [0.15, 0.2) is 0 Å². The average molecular weight is 951 g/mol. The van der Waals surface area contributed by atoms with Crippen molar-refractivity contribution in [2.75, 3.05) is 39.6 Å². The van der Waals surface area contributed by atoms with Gasteiger partial charge in [-0.25, -0.2) is 9.97 Å². The zero-order chi connectivity index (χ0) is 48.9. The number of ether oxygens (including phenoxy) is 4. The summed E-state index contributed by atoms with van der Waals surface area (Å²) >= 11 is 0. The van der Waals surface area contributed by atoms with E-state index in [1.165, 1.54) is 19.3 Å². The minimum absolute atomic E-state index is 0.0691. The van der Waals surface area contributed by atoms with Gasteiger partial charge >= 0.3 is 0 Å². The summed E-state index contributed by atoms with van der Waals surface area (Å²) in [4.78, 5) is 18.7. The maximum atomic E-state index is 9.48. The molecule has 0 radical (unpaired) electrons. The number of para-hydroxylation sites is 1. The lowest BCUT2D eigenvalue weighted by Crippen LogP contribution is -2.16. The van der Waals surface area contributed by atoms with Crippen molar-refractivity contribution >= 4 is 46.4 Å². The van der Waals surface area contributed by atoms with Gasteiger partial charge in [-0.2, -0.15) is 0 Å². The predicted octanol–water partition coefficient (Wildman–Crippen LogP) is 13.0. The molecule has 1 atom stereocenters. The first kappa shape index (κ1) is 48.6. The predicted molar refractivity (Wildman–Crippen MR) is 286 cm³/mol. The van der Waals surface area contributed by atoms with E-state index < -0.39 is 0 Å². The molecule has 0 aliphatic carbocycles. The van der Waals surface area contributed by atoms with E-state index in [9.17, 15) is 15.3 Å². The van der Waals surface area contributed by atoms with E-state index in [1.807, 2.05) is 78.9 Å². The molecule has 8 bridgehead atoms. The van der Waals surface area contributed by atoms with Crippen molar-refractivity contribution in [1.82, 2.24) is 19.9 Å². The highest BCUT2D eigenvalue weighted by Gasteiger charge is 2.22. The van der Waals surface area contributed by atoms with Crippen LogP contribution in [0.25, 0.3) is 90.9 Å². The summed E-state index contributed by atoms with van der Waals surface area (Å²) in [5.41, 5.74) is 13.7. The second kappa shape index (κ2) is 23.4. The molecule has 0 spiro atoms. The van der Waals surface area contributed by atoms with Gasteiger partial charge in [0.25, 0.3) is 0 Å². The summed E-state index contributed by atoms with van der Waals surface area (Å²) in [5.74, 6) is 2.77. The number of hydrogen-bond acceptors (Lipinski definition) is 9. The molecular formula is C60H62N4O7. The quantitative estimate of drug-likeness (QED) is 0.0418. The molecular weight excluding hydrogens is 889 g/mol. The van der Waals surface area contributed by atoms with Crippen molar-refractivity contribution < 1.29 is 34.3 Å². The highest BCUT2D eigenvalue weighted by Crippen LogP contribution is 2.41. The topological polar surface area (TPSA) is 155 Å². The average Bonchev–Trinajstić information content (AvgIpc) is 4.26. The number of fused-ring (bicyclic) bond motifs is 8. The first-order valence-corrected chi connectivity index (χ1v) is 24.9. The van der Waals surface area contributed by atoms with E-state index in [1.54, 1.807) is 0 Å². The molecule has 0 saturated carbocycles. The van der Waals surface area contributed by atoms with Crippen molar-refractivity contribution in [3.8, 4) is 67.5 Å². The molecule has 7 aromatic rings. The van der Waals surface area contributed by atoms with Crippen LogP contribution in [0.5, 0.6) is 23.0 Å². The van der Waals surface area contributed by atoms with Crippen LogP contribution in [0.15, 0.2) is 121 Å². The minimum atomic E-state index is -0.0824. The van der Waals surface area contributed by atoms with Crippen molar-refractivity contribution in [3.05, 3.63) is 144 Å². The van der Waals surface area contributed by atoms with E-state index >= 15 is 0 Å². The maximum absolute atomic E-state index is 9.48. The number of hydrogen-bond donors (Lipinski definition) is 5. The fourth-order valence-corrected chi connectivity index (χ4v) is 9.38. The summed E-state index contributed by atoms with van der Waals surface area (Å²) in [6, 6.07) is 40.4. The molecule has 0 saturated heterocycles. The molecule has 364 valence electrons. The lowest BCUT2D eigenvalue weighted by molar-refractivity contribution is 0.176. The number of benzene rings is 4. The number of nitrogens with one attached hydrogen (secondary N) is 2. The van der Waals surface area contributed by atoms with Gasteiger partial charge in [0.05, 0.1) is 48.7 Å². The Hall–Kier alpha value is -7.44. The molecule has 4 aromatic carbocycles. The van der Waals surface area contributed by atoms with Crippen molar-refractivity contribution in [1.29, 1.82) is 0 Å². The molecule has 2 aliphatic heterocycles. The van der Waals surface area contributed by atoms with E-state index in [2.05, 4.69) is 90.6 Å². The lowest BCUT2D eigenvalue weighted by Gasteiger charge is -2.21. The molecule has 0 fully saturated rings. The fourth-order valence-electron chi connectivity index (χ4n) is 9.38. The maximum Gasteiger partial charge on any atom is 0.127 e. The van der Waals surface area contributed by atoms with Gasteiger partial charge in [0, 0.05) is 49.9 Å².